The third-order valence-corrected chi connectivity index (χ3v) is 3.59. The van der Waals surface area contributed by atoms with Crippen molar-refractivity contribution in [2.24, 2.45) is 0 Å². The maximum atomic E-state index is 12.4. The highest BCUT2D eigenvalue weighted by molar-refractivity contribution is 6.15. The van der Waals surface area contributed by atoms with Gasteiger partial charge in [-0.3, -0.25) is 4.79 Å². The second kappa shape index (κ2) is 6.08. The van der Waals surface area contributed by atoms with Crippen LogP contribution in [-0.2, 0) is 0 Å². The Bertz CT molecular complexity index is 844. The van der Waals surface area contributed by atoms with Crippen molar-refractivity contribution in [2.45, 2.75) is 0 Å². The van der Waals surface area contributed by atoms with Crippen LogP contribution in [0.25, 0.3) is 6.08 Å². The normalized spacial score (nSPS) is 14.2. The summed E-state index contributed by atoms with van der Waals surface area (Å²) in [5, 5.41) is 9.02. The molecule has 1 N–H and O–H groups in total. The first-order valence-corrected chi connectivity index (χ1v) is 7.06. The number of carbonyl (C=O) groups is 2. The number of carbonyl (C=O) groups excluding carboxylic acids is 1. The summed E-state index contributed by atoms with van der Waals surface area (Å²) in [7, 11) is 3.07. The summed E-state index contributed by atoms with van der Waals surface area (Å²) >= 11 is 0. The number of carboxylic acid groups (broad SMARTS) is 1. The highest BCUT2D eigenvalue weighted by atomic mass is 16.5. The first kappa shape index (κ1) is 15.6. The van der Waals surface area contributed by atoms with E-state index in [9.17, 15) is 9.59 Å². The second-order valence-corrected chi connectivity index (χ2v) is 5.10. The lowest BCUT2D eigenvalue weighted by Crippen LogP contribution is -2.00. The second-order valence-electron chi connectivity index (χ2n) is 5.10. The van der Waals surface area contributed by atoms with E-state index in [4.69, 9.17) is 19.3 Å². The molecule has 0 bridgehead atoms. The van der Waals surface area contributed by atoms with E-state index in [1.54, 1.807) is 24.3 Å². The van der Waals surface area contributed by atoms with Crippen molar-refractivity contribution in [1.82, 2.24) is 0 Å². The van der Waals surface area contributed by atoms with Crippen molar-refractivity contribution in [3.63, 3.8) is 0 Å². The molecule has 3 rings (SSSR count). The maximum Gasteiger partial charge on any atom is 0.335 e. The predicted octanol–water partition coefficient (Wildman–Crippen LogP) is 3.02. The van der Waals surface area contributed by atoms with Crippen LogP contribution in [0.15, 0.2) is 42.2 Å². The van der Waals surface area contributed by atoms with Gasteiger partial charge in [-0.15, -0.1) is 0 Å². The molecule has 0 unspecified atom stereocenters. The van der Waals surface area contributed by atoms with Gasteiger partial charge in [-0.1, -0.05) is 0 Å². The molecular weight excluding hydrogens is 312 g/mol. The number of hydrogen-bond acceptors (Lipinski definition) is 5. The zero-order chi connectivity index (χ0) is 17.3. The molecule has 6 heteroatoms. The Hall–Kier alpha value is -3.28. The summed E-state index contributed by atoms with van der Waals surface area (Å²) in [6.07, 6.45) is 1.56. The molecule has 1 heterocycles. The molecule has 1 aliphatic heterocycles. The largest absolute Gasteiger partial charge is 0.497 e. The van der Waals surface area contributed by atoms with Crippen LogP contribution in [0.1, 0.15) is 26.3 Å². The summed E-state index contributed by atoms with van der Waals surface area (Å²) in [4.78, 5) is 23.5. The monoisotopic (exact) mass is 326 g/mol. The lowest BCUT2D eigenvalue weighted by molar-refractivity contribution is 0.0697. The molecule has 0 saturated heterocycles. The zero-order valence-electron chi connectivity index (χ0n) is 13.0. The van der Waals surface area contributed by atoms with Crippen LogP contribution in [0.4, 0.5) is 0 Å². The van der Waals surface area contributed by atoms with Crippen LogP contribution in [0.2, 0.25) is 0 Å². The van der Waals surface area contributed by atoms with Gasteiger partial charge in [0.05, 0.1) is 25.3 Å². The molecule has 0 aliphatic carbocycles. The summed E-state index contributed by atoms with van der Waals surface area (Å²) in [6.45, 7) is 0. The molecule has 2 aromatic rings. The first-order chi connectivity index (χ1) is 11.5. The third kappa shape index (κ3) is 2.81. The number of benzene rings is 2. The van der Waals surface area contributed by atoms with E-state index in [1.807, 2.05) is 0 Å². The summed E-state index contributed by atoms with van der Waals surface area (Å²) < 4.78 is 15.9. The number of aromatic carboxylic acids is 1. The van der Waals surface area contributed by atoms with E-state index < -0.39 is 5.97 Å². The van der Waals surface area contributed by atoms with Gasteiger partial charge in [0.25, 0.3) is 0 Å². The van der Waals surface area contributed by atoms with Gasteiger partial charge in [0.15, 0.2) is 5.76 Å². The fourth-order valence-corrected chi connectivity index (χ4v) is 2.39. The molecule has 0 atom stereocenters. The fourth-order valence-electron chi connectivity index (χ4n) is 2.39. The minimum atomic E-state index is -1.10. The van der Waals surface area contributed by atoms with Gasteiger partial charge < -0.3 is 19.3 Å². The predicted molar refractivity (Wildman–Crippen MR) is 85.9 cm³/mol. The molecule has 0 amide bonds. The van der Waals surface area contributed by atoms with E-state index in [1.165, 1.54) is 32.4 Å². The summed E-state index contributed by atoms with van der Waals surface area (Å²) in [5.74, 6) is 0.152. The Morgan fingerprint density at radius 2 is 1.75 bits per heavy atom. The average molecular weight is 326 g/mol. The molecule has 122 valence electrons. The Morgan fingerprint density at radius 3 is 2.33 bits per heavy atom. The van der Waals surface area contributed by atoms with Crippen LogP contribution >= 0.6 is 0 Å². The molecule has 0 fully saturated rings. The van der Waals surface area contributed by atoms with Crippen LogP contribution in [0, 0.1) is 0 Å². The van der Waals surface area contributed by atoms with Crippen LogP contribution in [-0.4, -0.2) is 31.1 Å². The molecule has 1 aliphatic rings. The van der Waals surface area contributed by atoms with Gasteiger partial charge in [0.1, 0.15) is 17.2 Å². The number of ketones is 1. The number of fused-ring (bicyclic) bond motifs is 1. The Kier molecular flexibility index (Phi) is 3.95. The molecular formula is C18H14O6. The number of carboxylic acids is 1. The molecule has 0 saturated carbocycles. The van der Waals surface area contributed by atoms with E-state index in [2.05, 4.69) is 0 Å². The van der Waals surface area contributed by atoms with Crippen LogP contribution in [0.3, 0.4) is 0 Å². The summed E-state index contributed by atoms with van der Waals surface area (Å²) in [5.41, 5.74) is 0.937. The molecule has 24 heavy (non-hydrogen) atoms. The van der Waals surface area contributed by atoms with Gasteiger partial charge >= 0.3 is 5.97 Å². The molecule has 6 nitrogen and oxygen atoms in total. The topological polar surface area (TPSA) is 82.1 Å². The highest BCUT2D eigenvalue weighted by Crippen LogP contribution is 2.33. The molecule has 0 radical (unpaired) electrons. The summed E-state index contributed by atoms with van der Waals surface area (Å²) in [6, 6.07) is 9.37. The highest BCUT2D eigenvalue weighted by Gasteiger charge is 2.28. The lowest BCUT2D eigenvalue weighted by Gasteiger charge is -2.06. The third-order valence-electron chi connectivity index (χ3n) is 3.59. The Morgan fingerprint density at radius 1 is 1.08 bits per heavy atom. The van der Waals surface area contributed by atoms with Crippen LogP contribution < -0.4 is 14.2 Å². The fraction of sp³-hybridized carbons (Fsp3) is 0.111. The number of allylic oxidation sites excluding steroid dienone is 1. The van der Waals surface area contributed by atoms with Gasteiger partial charge in [0, 0.05) is 6.07 Å². The van der Waals surface area contributed by atoms with E-state index in [0.717, 1.165) is 0 Å². The van der Waals surface area contributed by atoms with E-state index >= 15 is 0 Å². The number of ether oxygens (including phenoxy) is 3. The first-order valence-electron chi connectivity index (χ1n) is 7.06. The zero-order valence-corrected chi connectivity index (χ0v) is 13.0. The van der Waals surface area contributed by atoms with E-state index in [-0.39, 0.29) is 22.7 Å². The van der Waals surface area contributed by atoms with Gasteiger partial charge in [0.2, 0.25) is 5.78 Å². The minimum absolute atomic E-state index is 0.0370. The average Bonchev–Trinajstić information content (AvgIpc) is 2.89. The van der Waals surface area contributed by atoms with Gasteiger partial charge in [-0.05, 0) is 42.0 Å². The number of rotatable bonds is 4. The maximum absolute atomic E-state index is 12.4. The van der Waals surface area contributed by atoms with Crippen molar-refractivity contribution in [3.8, 4) is 17.2 Å². The standard InChI is InChI=1S/C18H14O6/c1-22-12-5-10(6-13(9-12)23-2)7-16-17(19)14-8-11(18(20)21)3-4-15(14)24-16/h3-9H,1-2H3,(H,20,21). The minimum Gasteiger partial charge on any atom is -0.497 e. The number of hydrogen-bond donors (Lipinski definition) is 1. The van der Waals surface area contributed by atoms with Gasteiger partial charge in [-0.25, -0.2) is 4.79 Å². The number of methoxy groups -OCH3 is 2. The Balaban J connectivity index is 1.98. The van der Waals surface area contributed by atoms with Crippen molar-refractivity contribution < 1.29 is 28.9 Å². The lowest BCUT2D eigenvalue weighted by atomic mass is 10.1. The van der Waals surface area contributed by atoms with Gasteiger partial charge in [-0.2, -0.15) is 0 Å². The number of Topliss-reactive ketones (excluding diaryl/α,β-unsaturated/α-hetero) is 1. The smallest absolute Gasteiger partial charge is 0.335 e. The quantitative estimate of drug-likeness (QED) is 0.870. The molecule has 0 spiro atoms. The van der Waals surface area contributed by atoms with E-state index in [0.29, 0.717) is 22.8 Å². The Labute approximate surface area is 137 Å². The van der Waals surface area contributed by atoms with Crippen molar-refractivity contribution in [3.05, 3.63) is 58.8 Å². The molecule has 2 aromatic carbocycles. The van der Waals surface area contributed by atoms with Crippen molar-refractivity contribution in [1.29, 1.82) is 0 Å². The van der Waals surface area contributed by atoms with Crippen molar-refractivity contribution in [2.75, 3.05) is 14.2 Å². The molecule has 0 aromatic heterocycles. The van der Waals surface area contributed by atoms with Crippen LogP contribution in [0.5, 0.6) is 17.2 Å². The SMILES string of the molecule is COc1cc(C=C2Oc3ccc(C(=O)O)cc3C2=O)cc(OC)c1. The van der Waals surface area contributed by atoms with Crippen molar-refractivity contribution >= 4 is 17.8 Å².